The summed E-state index contributed by atoms with van der Waals surface area (Å²) in [5.74, 6) is -1.33. The molecule has 11 heteroatoms. The van der Waals surface area contributed by atoms with Gasteiger partial charge in [-0.25, -0.2) is 21.6 Å². The lowest BCUT2D eigenvalue weighted by atomic mass is 10.2. The zero-order valence-electron chi connectivity index (χ0n) is 17.5. The lowest BCUT2D eigenvalue weighted by molar-refractivity contribution is -0.136. The number of sulfonamides is 1. The van der Waals surface area contributed by atoms with Crippen molar-refractivity contribution in [2.45, 2.75) is 43.5 Å². The Bertz CT molecular complexity index is 1030. The van der Waals surface area contributed by atoms with Crippen LogP contribution < -0.4 is 0 Å². The molecule has 1 atom stereocenters. The number of sulfone groups is 1. The molecule has 1 amide bonds. The Labute approximate surface area is 183 Å². The van der Waals surface area contributed by atoms with Crippen LogP contribution in [0.25, 0.3) is 0 Å². The molecule has 0 spiro atoms. The van der Waals surface area contributed by atoms with Crippen molar-refractivity contribution in [3.05, 3.63) is 29.8 Å². The number of carbonyl (C=O) groups is 2. The predicted molar refractivity (Wildman–Crippen MR) is 114 cm³/mol. The van der Waals surface area contributed by atoms with Crippen molar-refractivity contribution in [3.8, 4) is 0 Å². The van der Waals surface area contributed by atoms with Crippen LogP contribution in [0.3, 0.4) is 0 Å². The Balaban J connectivity index is 1.64. The molecule has 0 saturated carbocycles. The van der Waals surface area contributed by atoms with E-state index in [1.165, 1.54) is 33.5 Å². The van der Waals surface area contributed by atoms with Crippen LogP contribution in [0.15, 0.2) is 29.2 Å². The molecule has 2 heterocycles. The Kier molecular flexibility index (Phi) is 7.38. The van der Waals surface area contributed by atoms with E-state index in [0.29, 0.717) is 26.1 Å². The second-order valence-corrected chi connectivity index (χ2v) is 12.0. The number of hydrogen-bond acceptors (Lipinski definition) is 7. The molecule has 2 fully saturated rings. The Hall–Kier alpha value is -1.98. The molecule has 0 bridgehead atoms. The number of esters is 1. The van der Waals surface area contributed by atoms with Gasteiger partial charge in [-0.2, -0.15) is 4.31 Å². The molecule has 3 rings (SSSR count). The Morgan fingerprint density at radius 2 is 1.90 bits per heavy atom. The molecular formula is C20H28N2O7S2. The minimum absolute atomic E-state index is 0.0153. The van der Waals surface area contributed by atoms with Crippen molar-refractivity contribution in [3.63, 3.8) is 0 Å². The number of rotatable bonds is 7. The highest BCUT2D eigenvalue weighted by atomic mass is 32.2. The van der Waals surface area contributed by atoms with E-state index in [1.807, 2.05) is 0 Å². The number of piperidine rings is 1. The number of nitrogens with zero attached hydrogens (tertiary/aromatic N) is 2. The standard InChI is InChI=1S/C20H28N2O7S2/c1-2-22(17-9-12-30(25,26)15-17)19(23)14-29-20(24)16-7-6-8-18(13-16)31(27,28)21-10-4-3-5-11-21/h6-8,13,17H,2-5,9-12,14-15H2,1H3. The highest BCUT2D eigenvalue weighted by Gasteiger charge is 2.34. The maximum atomic E-state index is 12.8. The quantitative estimate of drug-likeness (QED) is 0.544. The largest absolute Gasteiger partial charge is 0.452 e. The van der Waals surface area contributed by atoms with Gasteiger partial charge in [0.15, 0.2) is 16.4 Å². The highest BCUT2D eigenvalue weighted by Crippen LogP contribution is 2.22. The van der Waals surface area contributed by atoms with Gasteiger partial charge in [0.1, 0.15) is 0 Å². The van der Waals surface area contributed by atoms with Crippen molar-refractivity contribution in [2.24, 2.45) is 0 Å². The topological polar surface area (TPSA) is 118 Å². The summed E-state index contributed by atoms with van der Waals surface area (Å²) in [6.07, 6.45) is 2.97. The van der Waals surface area contributed by atoms with E-state index in [9.17, 15) is 26.4 Å². The van der Waals surface area contributed by atoms with Gasteiger partial charge in [-0.15, -0.1) is 0 Å². The van der Waals surface area contributed by atoms with Gasteiger partial charge < -0.3 is 9.64 Å². The van der Waals surface area contributed by atoms with Gasteiger partial charge in [0.05, 0.1) is 22.0 Å². The molecule has 1 unspecified atom stereocenters. The monoisotopic (exact) mass is 472 g/mol. The van der Waals surface area contributed by atoms with Gasteiger partial charge in [-0.1, -0.05) is 12.5 Å². The average molecular weight is 473 g/mol. The number of benzene rings is 1. The molecule has 2 aliphatic heterocycles. The molecular weight excluding hydrogens is 444 g/mol. The van der Waals surface area contributed by atoms with Crippen LogP contribution in [0.2, 0.25) is 0 Å². The maximum absolute atomic E-state index is 12.8. The second kappa shape index (κ2) is 9.66. The van der Waals surface area contributed by atoms with E-state index < -0.39 is 44.4 Å². The highest BCUT2D eigenvalue weighted by molar-refractivity contribution is 7.91. The van der Waals surface area contributed by atoms with E-state index >= 15 is 0 Å². The van der Waals surface area contributed by atoms with E-state index in [4.69, 9.17) is 4.74 Å². The molecule has 2 saturated heterocycles. The van der Waals surface area contributed by atoms with E-state index in [0.717, 1.165) is 19.3 Å². The fraction of sp³-hybridized carbons (Fsp3) is 0.600. The SMILES string of the molecule is CCN(C(=O)COC(=O)c1cccc(S(=O)(=O)N2CCCCC2)c1)C1CCS(=O)(=O)C1. The number of hydrogen-bond donors (Lipinski definition) is 0. The fourth-order valence-corrected chi connectivity index (χ4v) is 7.28. The lowest BCUT2D eigenvalue weighted by Crippen LogP contribution is -2.43. The zero-order chi connectivity index (χ0) is 22.6. The summed E-state index contributed by atoms with van der Waals surface area (Å²) in [6, 6.07) is 5.18. The average Bonchev–Trinajstić information content (AvgIpc) is 3.12. The van der Waals surface area contributed by atoms with Crippen molar-refractivity contribution < 1.29 is 31.2 Å². The first-order chi connectivity index (χ1) is 14.6. The van der Waals surface area contributed by atoms with Gasteiger partial charge in [-0.3, -0.25) is 4.79 Å². The maximum Gasteiger partial charge on any atom is 0.338 e. The molecule has 172 valence electrons. The number of likely N-dealkylation sites (N-methyl/N-ethyl adjacent to an activating group) is 1. The van der Waals surface area contributed by atoms with E-state index in [-0.39, 0.29) is 22.0 Å². The first-order valence-corrected chi connectivity index (χ1v) is 13.7. The van der Waals surface area contributed by atoms with Crippen LogP contribution in [0.1, 0.15) is 43.0 Å². The first kappa shape index (κ1) is 23.7. The lowest BCUT2D eigenvalue weighted by Gasteiger charge is -2.26. The van der Waals surface area contributed by atoms with Crippen molar-refractivity contribution in [1.82, 2.24) is 9.21 Å². The van der Waals surface area contributed by atoms with Crippen LogP contribution >= 0.6 is 0 Å². The normalized spacial score (nSPS) is 21.5. The first-order valence-electron chi connectivity index (χ1n) is 10.4. The molecule has 1 aromatic rings. The molecule has 31 heavy (non-hydrogen) atoms. The molecule has 9 nitrogen and oxygen atoms in total. The molecule has 1 aromatic carbocycles. The predicted octanol–water partition coefficient (Wildman–Crippen LogP) is 1.05. The summed E-state index contributed by atoms with van der Waals surface area (Å²) in [5.41, 5.74) is 0.0392. The molecule has 2 aliphatic rings. The number of ether oxygens (including phenoxy) is 1. The molecule has 0 radical (unpaired) electrons. The van der Waals surface area contributed by atoms with Gasteiger partial charge in [-0.05, 0) is 44.4 Å². The van der Waals surface area contributed by atoms with Crippen LogP contribution in [-0.2, 0) is 29.4 Å². The smallest absolute Gasteiger partial charge is 0.338 e. The summed E-state index contributed by atoms with van der Waals surface area (Å²) in [4.78, 5) is 26.4. The van der Waals surface area contributed by atoms with Crippen LogP contribution in [0.5, 0.6) is 0 Å². The summed E-state index contributed by atoms with van der Waals surface area (Å²) < 4.78 is 55.5. The number of carbonyl (C=O) groups excluding carboxylic acids is 2. The Morgan fingerprint density at radius 3 is 2.52 bits per heavy atom. The summed E-state index contributed by atoms with van der Waals surface area (Å²) >= 11 is 0. The second-order valence-electron chi connectivity index (χ2n) is 7.81. The summed E-state index contributed by atoms with van der Waals surface area (Å²) in [6.45, 7) is 2.41. The molecule has 0 aromatic heterocycles. The van der Waals surface area contributed by atoms with Crippen LogP contribution in [0, 0.1) is 0 Å². The minimum atomic E-state index is -3.70. The van der Waals surface area contributed by atoms with Gasteiger partial charge in [0.25, 0.3) is 5.91 Å². The summed E-state index contributed by atoms with van der Waals surface area (Å²) in [7, 11) is -6.84. The van der Waals surface area contributed by atoms with Crippen molar-refractivity contribution in [1.29, 1.82) is 0 Å². The third-order valence-electron chi connectivity index (χ3n) is 5.66. The fourth-order valence-electron chi connectivity index (χ4n) is 3.99. The molecule has 0 aliphatic carbocycles. The van der Waals surface area contributed by atoms with Crippen molar-refractivity contribution >= 4 is 31.7 Å². The number of amides is 1. The van der Waals surface area contributed by atoms with E-state index in [1.54, 1.807) is 6.92 Å². The third-order valence-corrected chi connectivity index (χ3v) is 9.30. The zero-order valence-corrected chi connectivity index (χ0v) is 19.2. The molecule has 0 N–H and O–H groups in total. The minimum Gasteiger partial charge on any atom is -0.452 e. The van der Waals surface area contributed by atoms with Crippen molar-refractivity contribution in [2.75, 3.05) is 37.7 Å². The summed E-state index contributed by atoms with van der Waals surface area (Å²) in [5, 5.41) is 0. The van der Waals surface area contributed by atoms with Gasteiger partial charge in [0.2, 0.25) is 10.0 Å². The van der Waals surface area contributed by atoms with Gasteiger partial charge >= 0.3 is 5.97 Å². The van der Waals surface area contributed by atoms with Crippen LogP contribution in [0.4, 0.5) is 0 Å². The van der Waals surface area contributed by atoms with Gasteiger partial charge in [0, 0.05) is 25.7 Å². The van der Waals surface area contributed by atoms with E-state index in [2.05, 4.69) is 0 Å². The van der Waals surface area contributed by atoms with Crippen LogP contribution in [-0.4, -0.2) is 81.7 Å². The third kappa shape index (κ3) is 5.64. The Morgan fingerprint density at radius 1 is 1.19 bits per heavy atom.